The van der Waals surface area contributed by atoms with E-state index >= 15 is 0 Å². The average Bonchev–Trinajstić information content (AvgIpc) is 3.11. The van der Waals surface area contributed by atoms with Crippen LogP contribution in [0.1, 0.15) is 26.3 Å². The molecule has 168 valence electrons. The molecule has 4 aromatic rings. The highest BCUT2D eigenvalue weighted by atomic mass is 32.2. The maximum atomic E-state index is 11.6. The number of amides is 1. The molecular weight excluding hydrogens is 444 g/mol. The van der Waals surface area contributed by atoms with Crippen molar-refractivity contribution in [3.05, 3.63) is 83.4 Å². The highest BCUT2D eigenvalue weighted by Gasteiger charge is 2.17. The van der Waals surface area contributed by atoms with E-state index in [0.29, 0.717) is 16.8 Å². The first-order valence-corrected chi connectivity index (χ1v) is 11.3. The summed E-state index contributed by atoms with van der Waals surface area (Å²) in [7, 11) is -3.90. The Morgan fingerprint density at radius 3 is 2.18 bits per heavy atom. The topological polar surface area (TPSA) is 158 Å². The molecule has 0 saturated carbocycles. The number of nitrogens with two attached hydrogens (primary N) is 2. The number of carboxylic acids is 1. The molecule has 10 heteroatoms. The number of aryl methyl sites for hydroxylation is 1. The second-order valence-electron chi connectivity index (χ2n) is 7.53. The van der Waals surface area contributed by atoms with E-state index in [0.717, 1.165) is 27.9 Å². The zero-order chi connectivity index (χ0) is 23.9. The van der Waals surface area contributed by atoms with E-state index in [-0.39, 0.29) is 5.56 Å². The largest absolute Gasteiger partial charge is 0.478 e. The van der Waals surface area contributed by atoms with Gasteiger partial charge in [0.2, 0.25) is 5.91 Å². The SMILES string of the molecule is Cc1cc(C(N)=O)ccc1-n1c(-c2ccc(NS(N)(=O)=O)cc2)cc2ccc(C(=O)O)cc21. The number of fused-ring (bicyclic) bond motifs is 1. The van der Waals surface area contributed by atoms with Gasteiger partial charge in [0, 0.05) is 22.3 Å². The Balaban J connectivity index is 1.95. The molecule has 0 aliphatic heterocycles. The minimum absolute atomic E-state index is 0.132. The van der Waals surface area contributed by atoms with Crippen molar-refractivity contribution in [3.63, 3.8) is 0 Å². The molecule has 0 fully saturated rings. The number of aromatic carboxylic acids is 1. The van der Waals surface area contributed by atoms with Crippen LogP contribution >= 0.6 is 0 Å². The summed E-state index contributed by atoms with van der Waals surface area (Å²) in [6.07, 6.45) is 0. The number of nitrogens with one attached hydrogen (secondary N) is 1. The summed E-state index contributed by atoms with van der Waals surface area (Å²) in [6, 6.07) is 18.4. The van der Waals surface area contributed by atoms with Crippen LogP contribution in [0, 0.1) is 6.92 Å². The van der Waals surface area contributed by atoms with E-state index in [1.165, 1.54) is 6.07 Å². The monoisotopic (exact) mass is 464 g/mol. The Kier molecular flexibility index (Phi) is 5.40. The zero-order valence-corrected chi connectivity index (χ0v) is 18.3. The summed E-state index contributed by atoms with van der Waals surface area (Å²) in [5.41, 5.74) is 9.85. The van der Waals surface area contributed by atoms with Gasteiger partial charge in [-0.25, -0.2) is 9.93 Å². The van der Waals surface area contributed by atoms with Crippen LogP contribution in [0.4, 0.5) is 5.69 Å². The summed E-state index contributed by atoms with van der Waals surface area (Å²) in [5.74, 6) is -1.60. The number of aromatic nitrogens is 1. The average molecular weight is 465 g/mol. The normalized spacial score (nSPS) is 11.5. The number of carbonyl (C=O) groups excluding carboxylic acids is 1. The first kappa shape index (κ1) is 22.1. The maximum Gasteiger partial charge on any atom is 0.335 e. The Labute approximate surface area is 189 Å². The van der Waals surface area contributed by atoms with Gasteiger partial charge < -0.3 is 15.4 Å². The van der Waals surface area contributed by atoms with Crippen molar-refractivity contribution in [2.45, 2.75) is 6.92 Å². The Morgan fingerprint density at radius 1 is 0.939 bits per heavy atom. The maximum absolute atomic E-state index is 11.6. The standard InChI is InChI=1S/C23H20N4O5S/c1-13-10-16(22(24)28)6-9-19(13)27-20(11-15-2-3-17(23(29)30)12-21(15)27)14-4-7-18(8-5-14)26-33(25,31)32/h2-12,26H,1H3,(H2,24,28)(H,29,30)(H2,25,31,32). The van der Waals surface area contributed by atoms with Gasteiger partial charge in [0.05, 0.1) is 16.8 Å². The predicted molar refractivity (Wildman–Crippen MR) is 126 cm³/mol. The van der Waals surface area contributed by atoms with Crippen LogP contribution in [0.5, 0.6) is 0 Å². The second-order valence-corrected chi connectivity index (χ2v) is 8.83. The number of nitrogens with zero attached hydrogens (tertiary/aromatic N) is 1. The Bertz CT molecular complexity index is 1520. The number of carboxylic acid groups (broad SMARTS) is 1. The molecule has 0 saturated heterocycles. The van der Waals surface area contributed by atoms with Gasteiger partial charge in [-0.2, -0.15) is 8.42 Å². The first-order chi connectivity index (χ1) is 15.5. The van der Waals surface area contributed by atoms with Gasteiger partial charge in [0.25, 0.3) is 10.2 Å². The number of anilines is 1. The fourth-order valence-electron chi connectivity index (χ4n) is 3.74. The minimum Gasteiger partial charge on any atom is -0.478 e. The third-order valence-electron chi connectivity index (χ3n) is 5.21. The van der Waals surface area contributed by atoms with Crippen molar-refractivity contribution in [2.24, 2.45) is 10.9 Å². The number of benzene rings is 3. The van der Waals surface area contributed by atoms with Crippen LogP contribution in [0.25, 0.3) is 27.8 Å². The molecule has 1 aromatic heterocycles. The minimum atomic E-state index is -3.90. The molecular formula is C23H20N4O5S. The van der Waals surface area contributed by atoms with Crippen molar-refractivity contribution >= 4 is 38.7 Å². The van der Waals surface area contributed by atoms with E-state index in [1.807, 2.05) is 17.6 Å². The van der Waals surface area contributed by atoms with Crippen LogP contribution < -0.4 is 15.6 Å². The molecule has 1 amide bonds. The smallest absolute Gasteiger partial charge is 0.335 e. The first-order valence-electron chi connectivity index (χ1n) is 9.74. The molecule has 0 unspecified atom stereocenters. The van der Waals surface area contributed by atoms with E-state index in [9.17, 15) is 23.1 Å². The second kappa shape index (κ2) is 8.08. The van der Waals surface area contributed by atoms with Gasteiger partial charge in [0.15, 0.2) is 0 Å². The molecule has 9 nitrogen and oxygen atoms in total. The van der Waals surface area contributed by atoms with Crippen LogP contribution in [0.3, 0.4) is 0 Å². The highest BCUT2D eigenvalue weighted by molar-refractivity contribution is 7.90. The number of hydrogen-bond donors (Lipinski definition) is 4. The third-order valence-corrected chi connectivity index (χ3v) is 5.73. The van der Waals surface area contributed by atoms with Crippen LogP contribution in [0.2, 0.25) is 0 Å². The fourth-order valence-corrected chi connectivity index (χ4v) is 4.20. The number of hydrogen-bond acceptors (Lipinski definition) is 4. The molecule has 0 atom stereocenters. The molecule has 4 rings (SSSR count). The van der Waals surface area contributed by atoms with Gasteiger partial charge >= 0.3 is 5.97 Å². The lowest BCUT2D eigenvalue weighted by Gasteiger charge is -2.15. The summed E-state index contributed by atoms with van der Waals surface area (Å²) in [5, 5.41) is 15.3. The summed E-state index contributed by atoms with van der Waals surface area (Å²) in [4.78, 5) is 23.2. The molecule has 3 aromatic carbocycles. The van der Waals surface area contributed by atoms with Crippen LogP contribution in [-0.4, -0.2) is 30.0 Å². The third kappa shape index (κ3) is 4.43. The fraction of sp³-hybridized carbons (Fsp3) is 0.0435. The quantitative estimate of drug-likeness (QED) is 0.345. The van der Waals surface area contributed by atoms with Crippen LogP contribution in [-0.2, 0) is 10.2 Å². The van der Waals surface area contributed by atoms with Crippen molar-refractivity contribution in [2.75, 3.05) is 4.72 Å². The van der Waals surface area contributed by atoms with E-state index in [1.54, 1.807) is 54.6 Å². The number of primary amides is 1. The van der Waals surface area contributed by atoms with Gasteiger partial charge in [0.1, 0.15) is 0 Å². The molecule has 33 heavy (non-hydrogen) atoms. The van der Waals surface area contributed by atoms with Crippen molar-refractivity contribution < 1.29 is 23.1 Å². The van der Waals surface area contributed by atoms with Crippen molar-refractivity contribution in [1.82, 2.24) is 4.57 Å². The molecule has 0 radical (unpaired) electrons. The molecule has 0 bridgehead atoms. The van der Waals surface area contributed by atoms with Crippen molar-refractivity contribution in [1.29, 1.82) is 0 Å². The highest BCUT2D eigenvalue weighted by Crippen LogP contribution is 2.34. The molecule has 0 aliphatic carbocycles. The molecule has 0 spiro atoms. The zero-order valence-electron chi connectivity index (χ0n) is 17.4. The molecule has 6 N–H and O–H groups in total. The summed E-state index contributed by atoms with van der Waals surface area (Å²) < 4.78 is 26.7. The molecule has 1 heterocycles. The Hall–Kier alpha value is -4.15. The van der Waals surface area contributed by atoms with Crippen LogP contribution in [0.15, 0.2) is 66.7 Å². The summed E-state index contributed by atoms with van der Waals surface area (Å²) >= 11 is 0. The van der Waals surface area contributed by atoms with E-state index < -0.39 is 22.1 Å². The summed E-state index contributed by atoms with van der Waals surface area (Å²) in [6.45, 7) is 1.83. The lowest BCUT2D eigenvalue weighted by molar-refractivity contribution is 0.0696. The number of carbonyl (C=O) groups is 2. The van der Waals surface area contributed by atoms with E-state index in [4.69, 9.17) is 10.9 Å². The van der Waals surface area contributed by atoms with Gasteiger partial charge in [-0.1, -0.05) is 18.2 Å². The Morgan fingerprint density at radius 2 is 1.61 bits per heavy atom. The lowest BCUT2D eigenvalue weighted by atomic mass is 10.1. The predicted octanol–water partition coefficient (Wildman–Crippen LogP) is 3.02. The van der Waals surface area contributed by atoms with Crippen molar-refractivity contribution in [3.8, 4) is 16.9 Å². The van der Waals surface area contributed by atoms with Gasteiger partial charge in [-0.3, -0.25) is 9.52 Å². The molecule has 0 aliphatic rings. The lowest BCUT2D eigenvalue weighted by Crippen LogP contribution is -2.21. The van der Waals surface area contributed by atoms with E-state index in [2.05, 4.69) is 4.72 Å². The van der Waals surface area contributed by atoms with Gasteiger partial charge in [-0.05, 0) is 66.6 Å². The van der Waals surface area contributed by atoms with Gasteiger partial charge in [-0.15, -0.1) is 0 Å². The number of rotatable bonds is 6.